The molecule has 0 heterocycles. The van der Waals surface area contributed by atoms with Gasteiger partial charge >= 0.3 is 0 Å². The van der Waals surface area contributed by atoms with E-state index in [2.05, 4.69) is 15.9 Å². The minimum atomic E-state index is 0.153. The summed E-state index contributed by atoms with van der Waals surface area (Å²) in [4.78, 5) is 14.5. The lowest BCUT2D eigenvalue weighted by Crippen LogP contribution is -2.38. The molecule has 1 saturated carbocycles. The van der Waals surface area contributed by atoms with Crippen molar-refractivity contribution in [3.63, 3.8) is 0 Å². The van der Waals surface area contributed by atoms with E-state index < -0.39 is 0 Å². The van der Waals surface area contributed by atoms with Crippen LogP contribution < -0.4 is 0 Å². The van der Waals surface area contributed by atoms with Crippen molar-refractivity contribution < 1.29 is 4.79 Å². The molecule has 0 aliphatic heterocycles. The van der Waals surface area contributed by atoms with Gasteiger partial charge < -0.3 is 4.90 Å². The summed E-state index contributed by atoms with van der Waals surface area (Å²) in [5.74, 6) is 0.153. The van der Waals surface area contributed by atoms with Crippen LogP contribution in [0, 0.1) is 6.92 Å². The Balaban J connectivity index is 2.16. The molecule has 1 aliphatic rings. The van der Waals surface area contributed by atoms with E-state index in [1.54, 1.807) is 0 Å². The van der Waals surface area contributed by atoms with Crippen molar-refractivity contribution in [3.8, 4) is 0 Å². The SMILES string of the molecule is Cc1ccc(Br)cc1C(=O)N(C)C1CCCCC1. The molecule has 1 aromatic carbocycles. The second-order valence-corrected chi connectivity index (χ2v) is 6.08. The van der Waals surface area contributed by atoms with Crippen LogP contribution in [0.2, 0.25) is 0 Å². The number of rotatable bonds is 2. The summed E-state index contributed by atoms with van der Waals surface area (Å²) in [5, 5.41) is 0. The number of carbonyl (C=O) groups is 1. The van der Waals surface area contributed by atoms with Crippen LogP contribution in [0.15, 0.2) is 22.7 Å². The first-order valence-electron chi connectivity index (χ1n) is 6.63. The topological polar surface area (TPSA) is 20.3 Å². The van der Waals surface area contributed by atoms with Crippen LogP contribution in [-0.2, 0) is 0 Å². The predicted molar refractivity (Wildman–Crippen MR) is 77.8 cm³/mol. The number of aryl methyl sites for hydroxylation is 1. The Kier molecular flexibility index (Phi) is 4.44. The van der Waals surface area contributed by atoms with Gasteiger partial charge in [0.05, 0.1) is 0 Å². The minimum absolute atomic E-state index is 0.153. The molecule has 98 valence electrons. The molecule has 1 aliphatic carbocycles. The Morgan fingerprint density at radius 1 is 1.28 bits per heavy atom. The van der Waals surface area contributed by atoms with Gasteiger partial charge in [-0.05, 0) is 37.5 Å². The van der Waals surface area contributed by atoms with Crippen LogP contribution >= 0.6 is 15.9 Å². The van der Waals surface area contributed by atoms with Crippen LogP contribution in [0.3, 0.4) is 0 Å². The number of carbonyl (C=O) groups excluding carboxylic acids is 1. The molecule has 1 fully saturated rings. The van der Waals surface area contributed by atoms with Crippen molar-refractivity contribution in [2.75, 3.05) is 7.05 Å². The van der Waals surface area contributed by atoms with Crippen molar-refractivity contribution in [2.24, 2.45) is 0 Å². The molecular formula is C15H20BrNO. The zero-order valence-electron chi connectivity index (χ0n) is 11.1. The molecule has 0 N–H and O–H groups in total. The summed E-state index contributed by atoms with van der Waals surface area (Å²) in [5.41, 5.74) is 1.86. The van der Waals surface area contributed by atoms with E-state index in [1.807, 2.05) is 37.1 Å². The lowest BCUT2D eigenvalue weighted by Gasteiger charge is -2.31. The molecule has 2 rings (SSSR count). The normalized spacial score (nSPS) is 16.6. The lowest BCUT2D eigenvalue weighted by molar-refractivity contribution is 0.0695. The second-order valence-electron chi connectivity index (χ2n) is 5.17. The van der Waals surface area contributed by atoms with Crippen molar-refractivity contribution in [2.45, 2.75) is 45.1 Å². The largest absolute Gasteiger partial charge is 0.339 e. The van der Waals surface area contributed by atoms with Gasteiger partial charge in [-0.3, -0.25) is 4.79 Å². The highest BCUT2D eigenvalue weighted by Crippen LogP contribution is 2.24. The fraction of sp³-hybridized carbons (Fsp3) is 0.533. The van der Waals surface area contributed by atoms with Gasteiger partial charge in [-0.15, -0.1) is 0 Å². The van der Waals surface area contributed by atoms with Crippen LogP contribution in [0.1, 0.15) is 48.0 Å². The molecule has 0 unspecified atom stereocenters. The molecule has 0 bridgehead atoms. The van der Waals surface area contributed by atoms with E-state index in [1.165, 1.54) is 19.3 Å². The lowest BCUT2D eigenvalue weighted by atomic mass is 9.94. The number of nitrogens with zero attached hydrogens (tertiary/aromatic N) is 1. The van der Waals surface area contributed by atoms with Crippen LogP contribution in [0.25, 0.3) is 0 Å². The van der Waals surface area contributed by atoms with E-state index in [9.17, 15) is 4.79 Å². The summed E-state index contributed by atoms with van der Waals surface area (Å²) < 4.78 is 0.966. The van der Waals surface area contributed by atoms with Gasteiger partial charge in [0.15, 0.2) is 0 Å². The molecule has 0 atom stereocenters. The molecule has 1 aromatic rings. The number of hydrogen-bond acceptors (Lipinski definition) is 1. The monoisotopic (exact) mass is 309 g/mol. The minimum Gasteiger partial charge on any atom is -0.339 e. The Labute approximate surface area is 117 Å². The van der Waals surface area contributed by atoms with E-state index in [0.717, 1.165) is 28.4 Å². The molecule has 0 spiro atoms. The first-order chi connectivity index (χ1) is 8.59. The zero-order valence-corrected chi connectivity index (χ0v) is 12.7. The first-order valence-corrected chi connectivity index (χ1v) is 7.42. The maximum atomic E-state index is 12.5. The van der Waals surface area contributed by atoms with Gasteiger partial charge in [0.25, 0.3) is 5.91 Å². The molecule has 18 heavy (non-hydrogen) atoms. The van der Waals surface area contributed by atoms with Crippen molar-refractivity contribution >= 4 is 21.8 Å². The van der Waals surface area contributed by atoms with Crippen LogP contribution in [0.5, 0.6) is 0 Å². The Hall–Kier alpha value is -0.830. The van der Waals surface area contributed by atoms with Crippen molar-refractivity contribution in [1.29, 1.82) is 0 Å². The molecular weight excluding hydrogens is 290 g/mol. The van der Waals surface area contributed by atoms with Crippen LogP contribution in [0.4, 0.5) is 0 Å². The highest BCUT2D eigenvalue weighted by atomic mass is 79.9. The fourth-order valence-electron chi connectivity index (χ4n) is 2.65. The number of hydrogen-bond donors (Lipinski definition) is 0. The average molecular weight is 310 g/mol. The Morgan fingerprint density at radius 3 is 2.61 bits per heavy atom. The van der Waals surface area contributed by atoms with Crippen LogP contribution in [-0.4, -0.2) is 23.9 Å². The summed E-state index contributed by atoms with van der Waals surface area (Å²) >= 11 is 3.44. The number of amides is 1. The maximum Gasteiger partial charge on any atom is 0.254 e. The van der Waals surface area contributed by atoms with Gasteiger partial charge in [-0.2, -0.15) is 0 Å². The molecule has 0 saturated heterocycles. The van der Waals surface area contributed by atoms with Crippen molar-refractivity contribution in [1.82, 2.24) is 4.90 Å². The molecule has 2 nitrogen and oxygen atoms in total. The van der Waals surface area contributed by atoms with E-state index in [4.69, 9.17) is 0 Å². The van der Waals surface area contributed by atoms with E-state index in [-0.39, 0.29) is 5.91 Å². The van der Waals surface area contributed by atoms with Gasteiger partial charge in [0.1, 0.15) is 0 Å². The third kappa shape index (κ3) is 2.94. The summed E-state index contributed by atoms with van der Waals surface area (Å²) in [7, 11) is 1.94. The molecule has 3 heteroatoms. The first kappa shape index (κ1) is 13.6. The fourth-order valence-corrected chi connectivity index (χ4v) is 3.01. The van der Waals surface area contributed by atoms with Gasteiger partial charge in [-0.1, -0.05) is 41.3 Å². The molecule has 0 radical (unpaired) electrons. The highest BCUT2D eigenvalue weighted by molar-refractivity contribution is 9.10. The molecule has 1 amide bonds. The summed E-state index contributed by atoms with van der Waals surface area (Å²) in [6.45, 7) is 1.99. The smallest absolute Gasteiger partial charge is 0.254 e. The number of benzene rings is 1. The summed E-state index contributed by atoms with van der Waals surface area (Å²) in [6.07, 6.45) is 6.11. The Bertz CT molecular complexity index is 438. The number of halogens is 1. The van der Waals surface area contributed by atoms with Gasteiger partial charge in [0.2, 0.25) is 0 Å². The zero-order chi connectivity index (χ0) is 13.1. The third-order valence-electron chi connectivity index (χ3n) is 3.87. The predicted octanol–water partition coefficient (Wildman–Crippen LogP) is 4.16. The van der Waals surface area contributed by atoms with Crippen molar-refractivity contribution in [3.05, 3.63) is 33.8 Å². The average Bonchev–Trinajstić information content (AvgIpc) is 2.41. The van der Waals surface area contributed by atoms with Gasteiger partial charge in [0, 0.05) is 23.1 Å². The molecule has 0 aromatic heterocycles. The van der Waals surface area contributed by atoms with E-state index in [0.29, 0.717) is 6.04 Å². The quantitative estimate of drug-likeness (QED) is 0.803. The van der Waals surface area contributed by atoms with E-state index >= 15 is 0 Å². The van der Waals surface area contributed by atoms with Gasteiger partial charge in [-0.25, -0.2) is 0 Å². The maximum absolute atomic E-state index is 12.5. The summed E-state index contributed by atoms with van der Waals surface area (Å²) in [6, 6.07) is 6.32. The standard InChI is InChI=1S/C15H20BrNO/c1-11-8-9-12(16)10-14(11)15(18)17(2)13-6-4-3-5-7-13/h8-10,13H,3-7H2,1-2H3. The highest BCUT2D eigenvalue weighted by Gasteiger charge is 2.23. The Morgan fingerprint density at radius 2 is 1.94 bits per heavy atom. The second kappa shape index (κ2) is 5.87. The third-order valence-corrected chi connectivity index (χ3v) is 4.37.